The second kappa shape index (κ2) is 3.04. The second-order valence-electron chi connectivity index (χ2n) is 2.91. The van der Waals surface area contributed by atoms with E-state index < -0.39 is 17.9 Å². The van der Waals surface area contributed by atoms with Crippen molar-refractivity contribution >= 4 is 18.3 Å². The summed E-state index contributed by atoms with van der Waals surface area (Å²) in [5.41, 5.74) is 0.0251. The molecule has 1 aliphatic rings. The molecule has 0 aliphatic carbocycles. The maximum absolute atomic E-state index is 12.9. The average molecular weight is 197 g/mol. The fourth-order valence-electron chi connectivity index (χ4n) is 1.44. The Balaban J connectivity index is 2.63. The molecule has 1 N–H and O–H groups in total. The van der Waals surface area contributed by atoms with Gasteiger partial charge in [-0.1, -0.05) is 0 Å². The number of nitro groups is 1. The molecular formula is C7H5BFNO4. The maximum Gasteiger partial charge on any atom is 0.492 e. The minimum absolute atomic E-state index is 0.0624. The van der Waals surface area contributed by atoms with Gasteiger partial charge in [0, 0.05) is 0 Å². The molecule has 14 heavy (non-hydrogen) atoms. The number of nitro benzene ring substituents is 1. The molecule has 1 aromatic carbocycles. The van der Waals surface area contributed by atoms with Crippen molar-refractivity contribution in [2.75, 3.05) is 0 Å². The number of fused-ring (bicyclic) bond motifs is 1. The van der Waals surface area contributed by atoms with E-state index in [2.05, 4.69) is 0 Å². The predicted octanol–water partition coefficient (Wildman–Crippen LogP) is -0.0484. The Morgan fingerprint density at radius 1 is 1.64 bits per heavy atom. The van der Waals surface area contributed by atoms with Crippen LogP contribution in [0.25, 0.3) is 0 Å². The summed E-state index contributed by atoms with van der Waals surface area (Å²) in [6, 6.07) is 1.86. The Morgan fingerprint density at radius 2 is 2.36 bits per heavy atom. The van der Waals surface area contributed by atoms with E-state index in [1.165, 1.54) is 0 Å². The molecular weight excluding hydrogens is 192 g/mol. The standard InChI is InChI=1S/C7H5BFNO4/c9-4-1-6-5(3-14-8(6)11)7(2-4)10(12)13/h1-2,11H,3H2. The second-order valence-corrected chi connectivity index (χ2v) is 2.91. The third-order valence-corrected chi connectivity index (χ3v) is 2.07. The summed E-state index contributed by atoms with van der Waals surface area (Å²) in [6.07, 6.45) is 0. The van der Waals surface area contributed by atoms with Gasteiger partial charge in [-0.15, -0.1) is 0 Å². The molecule has 5 nitrogen and oxygen atoms in total. The van der Waals surface area contributed by atoms with Gasteiger partial charge in [-0.2, -0.15) is 0 Å². The summed E-state index contributed by atoms with van der Waals surface area (Å²) in [6.45, 7) is -0.0624. The largest absolute Gasteiger partial charge is 0.492 e. The number of hydrogen-bond acceptors (Lipinski definition) is 4. The fourth-order valence-corrected chi connectivity index (χ4v) is 1.44. The van der Waals surface area contributed by atoms with Gasteiger partial charge in [-0.05, 0) is 11.5 Å². The van der Waals surface area contributed by atoms with Crippen molar-refractivity contribution in [3.05, 3.63) is 33.6 Å². The van der Waals surface area contributed by atoms with Crippen molar-refractivity contribution in [1.29, 1.82) is 0 Å². The minimum Gasteiger partial charge on any atom is -0.423 e. The molecule has 0 atom stereocenters. The Bertz CT molecular complexity index is 411. The van der Waals surface area contributed by atoms with Gasteiger partial charge in [0.2, 0.25) is 0 Å². The van der Waals surface area contributed by atoms with Gasteiger partial charge in [-0.3, -0.25) is 10.1 Å². The van der Waals surface area contributed by atoms with Crippen LogP contribution < -0.4 is 5.46 Å². The highest BCUT2D eigenvalue weighted by atomic mass is 19.1. The molecule has 0 unspecified atom stereocenters. The van der Waals surface area contributed by atoms with Crippen LogP contribution in [-0.4, -0.2) is 17.1 Å². The smallest absolute Gasteiger partial charge is 0.423 e. The molecule has 72 valence electrons. The first-order valence-corrected chi connectivity index (χ1v) is 3.86. The molecule has 1 aliphatic heterocycles. The molecule has 0 aromatic heterocycles. The molecule has 0 bridgehead atoms. The van der Waals surface area contributed by atoms with Crippen molar-refractivity contribution in [1.82, 2.24) is 0 Å². The zero-order chi connectivity index (χ0) is 10.3. The van der Waals surface area contributed by atoms with Crippen LogP contribution >= 0.6 is 0 Å². The Labute approximate surface area is 78.4 Å². The first-order valence-electron chi connectivity index (χ1n) is 3.86. The number of halogens is 1. The minimum atomic E-state index is -1.26. The monoisotopic (exact) mass is 197 g/mol. The SMILES string of the molecule is O=[N+]([O-])c1cc(F)cc2c1COB2O. The van der Waals surface area contributed by atoms with Crippen LogP contribution in [0.15, 0.2) is 12.1 Å². The van der Waals surface area contributed by atoms with E-state index >= 15 is 0 Å². The molecule has 0 radical (unpaired) electrons. The molecule has 0 fully saturated rings. The number of benzene rings is 1. The predicted molar refractivity (Wildman–Crippen MR) is 45.5 cm³/mol. The zero-order valence-electron chi connectivity index (χ0n) is 6.94. The van der Waals surface area contributed by atoms with E-state index in [-0.39, 0.29) is 23.3 Å². The highest BCUT2D eigenvalue weighted by molar-refractivity contribution is 6.61. The van der Waals surface area contributed by atoms with Crippen molar-refractivity contribution in [3.8, 4) is 0 Å². The zero-order valence-corrected chi connectivity index (χ0v) is 6.94. The summed E-state index contributed by atoms with van der Waals surface area (Å²) in [4.78, 5) is 9.83. The third-order valence-electron chi connectivity index (χ3n) is 2.07. The van der Waals surface area contributed by atoms with Crippen LogP contribution in [0.2, 0.25) is 0 Å². The van der Waals surface area contributed by atoms with E-state index in [0.717, 1.165) is 12.1 Å². The summed E-state index contributed by atoms with van der Waals surface area (Å²) in [7, 11) is -1.26. The number of hydrogen-bond donors (Lipinski definition) is 1. The lowest BCUT2D eigenvalue weighted by Gasteiger charge is -1.99. The molecule has 1 aromatic rings. The first kappa shape index (κ1) is 9.10. The highest BCUT2D eigenvalue weighted by Gasteiger charge is 2.33. The number of nitrogens with zero attached hydrogens (tertiary/aromatic N) is 1. The van der Waals surface area contributed by atoms with Crippen LogP contribution in [-0.2, 0) is 11.3 Å². The molecule has 0 amide bonds. The first-order chi connectivity index (χ1) is 6.59. The van der Waals surface area contributed by atoms with Crippen LogP contribution in [0.1, 0.15) is 5.56 Å². The summed E-state index contributed by atoms with van der Waals surface area (Å²) >= 11 is 0. The number of rotatable bonds is 1. The molecule has 0 saturated carbocycles. The molecule has 1 heterocycles. The normalized spacial score (nSPS) is 14.3. The van der Waals surface area contributed by atoms with Crippen molar-refractivity contribution in [3.63, 3.8) is 0 Å². The van der Waals surface area contributed by atoms with Gasteiger partial charge in [0.05, 0.1) is 23.2 Å². The lowest BCUT2D eigenvalue weighted by molar-refractivity contribution is -0.385. The van der Waals surface area contributed by atoms with Gasteiger partial charge < -0.3 is 9.68 Å². The lowest BCUT2D eigenvalue weighted by Crippen LogP contribution is -2.28. The van der Waals surface area contributed by atoms with Crippen LogP contribution in [0.5, 0.6) is 0 Å². The van der Waals surface area contributed by atoms with Gasteiger partial charge in [0.15, 0.2) is 0 Å². The van der Waals surface area contributed by atoms with E-state index in [1.54, 1.807) is 0 Å². The molecule has 0 saturated heterocycles. The van der Waals surface area contributed by atoms with Gasteiger partial charge in [0.25, 0.3) is 5.69 Å². The topological polar surface area (TPSA) is 72.6 Å². The maximum atomic E-state index is 12.9. The van der Waals surface area contributed by atoms with Crippen LogP contribution in [0.3, 0.4) is 0 Å². The van der Waals surface area contributed by atoms with Crippen molar-refractivity contribution in [2.45, 2.75) is 6.61 Å². The lowest BCUT2D eigenvalue weighted by atomic mass is 9.79. The third kappa shape index (κ3) is 1.26. The van der Waals surface area contributed by atoms with Crippen molar-refractivity contribution < 1.29 is 19.0 Å². The van der Waals surface area contributed by atoms with Gasteiger partial charge in [-0.25, -0.2) is 4.39 Å². The summed E-state index contributed by atoms with van der Waals surface area (Å²) in [5.74, 6) is -0.750. The van der Waals surface area contributed by atoms with E-state index in [0.29, 0.717) is 0 Å². The average Bonchev–Trinajstić information content (AvgIpc) is 2.47. The summed E-state index contributed by atoms with van der Waals surface area (Å²) in [5, 5.41) is 19.7. The van der Waals surface area contributed by atoms with Crippen LogP contribution in [0, 0.1) is 15.9 Å². The highest BCUT2D eigenvalue weighted by Crippen LogP contribution is 2.23. The van der Waals surface area contributed by atoms with Crippen molar-refractivity contribution in [2.24, 2.45) is 0 Å². The summed E-state index contributed by atoms with van der Waals surface area (Å²) < 4.78 is 17.6. The Morgan fingerprint density at radius 3 is 3.00 bits per heavy atom. The van der Waals surface area contributed by atoms with Crippen LogP contribution in [0.4, 0.5) is 10.1 Å². The molecule has 7 heteroatoms. The van der Waals surface area contributed by atoms with E-state index in [9.17, 15) is 19.5 Å². The van der Waals surface area contributed by atoms with Gasteiger partial charge >= 0.3 is 7.12 Å². The Kier molecular flexibility index (Phi) is 1.97. The van der Waals surface area contributed by atoms with E-state index in [1.807, 2.05) is 0 Å². The fraction of sp³-hybridized carbons (Fsp3) is 0.143. The quantitative estimate of drug-likeness (QED) is 0.389. The van der Waals surface area contributed by atoms with E-state index in [4.69, 9.17) is 4.65 Å². The van der Waals surface area contributed by atoms with Gasteiger partial charge in [0.1, 0.15) is 5.82 Å². The molecule has 0 spiro atoms. The molecule has 2 rings (SSSR count). The Hall–Kier alpha value is -1.47.